The van der Waals surface area contributed by atoms with Crippen LogP contribution in [0.5, 0.6) is 0 Å². The number of pyridine rings is 1. The van der Waals surface area contributed by atoms with Gasteiger partial charge in [0.05, 0.1) is 18.7 Å². The summed E-state index contributed by atoms with van der Waals surface area (Å²) >= 11 is 11.6. The zero-order valence-electron chi connectivity index (χ0n) is 11.1. The lowest BCUT2D eigenvalue weighted by molar-refractivity contribution is -0.137. The van der Waals surface area contributed by atoms with Crippen LogP contribution in [0.3, 0.4) is 0 Å². The normalized spacial score (nSPS) is 11.9. The fourth-order valence-electron chi connectivity index (χ4n) is 1.34. The minimum Gasteiger partial charge on any atom is -0.506 e. The summed E-state index contributed by atoms with van der Waals surface area (Å²) in [5, 5.41) is 10.3. The molecule has 0 atom stereocenters. The molecule has 110 valence electrons. The van der Waals surface area contributed by atoms with E-state index in [-0.39, 0.29) is 34.6 Å². The number of nitrogens with zero attached hydrogens (tertiary/aromatic N) is 2. The van der Waals surface area contributed by atoms with Gasteiger partial charge in [0, 0.05) is 6.21 Å². The van der Waals surface area contributed by atoms with Crippen LogP contribution < -0.4 is 0 Å². The molecule has 0 bridgehead atoms. The highest BCUT2D eigenvalue weighted by Crippen LogP contribution is 2.24. The van der Waals surface area contributed by atoms with Gasteiger partial charge < -0.3 is 9.84 Å². The molecule has 7 heteroatoms. The molecule has 0 saturated carbocycles. The number of esters is 1. The summed E-state index contributed by atoms with van der Waals surface area (Å²) in [5.74, 6) is 1.12. The number of aliphatic hydroxyl groups excluding tert-OH is 1. The van der Waals surface area contributed by atoms with Gasteiger partial charge in [0.15, 0.2) is 0 Å². The first kappa shape index (κ1) is 17.0. The number of halogens is 2. The predicted octanol–water partition coefficient (Wildman–Crippen LogP) is 2.92. The summed E-state index contributed by atoms with van der Waals surface area (Å²) in [7, 11) is 0. The van der Waals surface area contributed by atoms with Crippen molar-refractivity contribution in [3.05, 3.63) is 33.6 Å². The van der Waals surface area contributed by atoms with E-state index < -0.39 is 11.7 Å². The highest BCUT2D eigenvalue weighted by molar-refractivity contribution is 6.33. The molecule has 0 aliphatic carbocycles. The number of aliphatic imine (C=N–C) groups is 1. The molecule has 1 N–H and O–H groups in total. The lowest BCUT2D eigenvalue weighted by atomic mass is 10.1. The molecule has 0 unspecified atom stereocenters. The Balaban J connectivity index is 3.31. The molecule has 0 radical (unpaired) electrons. The van der Waals surface area contributed by atoms with Crippen LogP contribution in [0.25, 0.3) is 5.76 Å². The maximum atomic E-state index is 11.9. The molecule has 0 spiro atoms. The number of aromatic nitrogens is 1. The monoisotopic (exact) mass is 326 g/mol. The zero-order chi connectivity index (χ0) is 15.8. The van der Waals surface area contributed by atoms with Crippen molar-refractivity contribution in [3.8, 4) is 12.3 Å². The van der Waals surface area contributed by atoms with Crippen LogP contribution in [0.15, 0.2) is 22.7 Å². The molecule has 1 aromatic heterocycles. The Morgan fingerprint density at radius 1 is 1.57 bits per heavy atom. The largest absolute Gasteiger partial charge is 0.506 e. The molecule has 0 amide bonds. The molecular weight excluding hydrogens is 315 g/mol. The van der Waals surface area contributed by atoms with Gasteiger partial charge in [0.1, 0.15) is 21.6 Å². The average Bonchev–Trinajstić information content (AvgIpc) is 2.43. The van der Waals surface area contributed by atoms with E-state index in [1.807, 2.05) is 0 Å². The van der Waals surface area contributed by atoms with Gasteiger partial charge in [-0.3, -0.25) is 4.99 Å². The lowest BCUT2D eigenvalue weighted by Gasteiger charge is -2.08. The number of hydrogen-bond acceptors (Lipinski definition) is 5. The van der Waals surface area contributed by atoms with Crippen molar-refractivity contribution >= 4 is 41.1 Å². The fraction of sp³-hybridized carbons (Fsp3) is 0.214. The van der Waals surface area contributed by atoms with Gasteiger partial charge in [-0.1, -0.05) is 29.1 Å². The van der Waals surface area contributed by atoms with Gasteiger partial charge in [-0.15, -0.1) is 6.42 Å². The van der Waals surface area contributed by atoms with E-state index in [1.165, 1.54) is 12.1 Å². The van der Waals surface area contributed by atoms with E-state index >= 15 is 0 Å². The summed E-state index contributed by atoms with van der Waals surface area (Å²) in [6.07, 6.45) is 6.21. The molecular formula is C14H12Cl2N2O3. The maximum absolute atomic E-state index is 11.9. The molecule has 0 saturated heterocycles. The van der Waals surface area contributed by atoms with E-state index in [1.54, 1.807) is 6.92 Å². The number of terminal acetylenes is 1. The van der Waals surface area contributed by atoms with Crippen LogP contribution in [0.2, 0.25) is 10.3 Å². The second-order valence-corrected chi connectivity index (χ2v) is 4.37. The van der Waals surface area contributed by atoms with E-state index in [0.717, 1.165) is 6.21 Å². The second-order valence-electron chi connectivity index (χ2n) is 3.63. The topological polar surface area (TPSA) is 71.8 Å². The number of hydrogen-bond donors (Lipinski definition) is 1. The van der Waals surface area contributed by atoms with Crippen molar-refractivity contribution in [2.75, 3.05) is 13.2 Å². The van der Waals surface area contributed by atoms with Gasteiger partial charge in [-0.05, 0) is 19.1 Å². The molecule has 5 nitrogen and oxygen atoms in total. The van der Waals surface area contributed by atoms with E-state index in [2.05, 4.69) is 15.9 Å². The van der Waals surface area contributed by atoms with Crippen LogP contribution in [0.4, 0.5) is 0 Å². The summed E-state index contributed by atoms with van der Waals surface area (Å²) in [6.45, 7) is 1.84. The van der Waals surface area contributed by atoms with Crippen molar-refractivity contribution in [2.24, 2.45) is 4.99 Å². The van der Waals surface area contributed by atoms with Crippen LogP contribution in [-0.2, 0) is 9.53 Å². The Hall–Kier alpha value is -2.03. The zero-order valence-corrected chi connectivity index (χ0v) is 12.6. The number of ether oxygens (including phenoxy) is 1. The fourth-order valence-corrected chi connectivity index (χ4v) is 1.78. The molecule has 1 heterocycles. The highest BCUT2D eigenvalue weighted by Gasteiger charge is 2.18. The van der Waals surface area contributed by atoms with Crippen LogP contribution in [0.1, 0.15) is 12.5 Å². The van der Waals surface area contributed by atoms with Crippen molar-refractivity contribution < 1.29 is 14.6 Å². The molecule has 1 rings (SSSR count). The molecule has 0 fully saturated rings. The number of carbonyl (C=O) groups excluding carboxylic acids is 1. The van der Waals surface area contributed by atoms with Crippen molar-refractivity contribution in [1.82, 2.24) is 4.98 Å². The van der Waals surface area contributed by atoms with Gasteiger partial charge in [0.2, 0.25) is 0 Å². The summed E-state index contributed by atoms with van der Waals surface area (Å²) in [6, 6.07) is 2.86. The quantitative estimate of drug-likeness (QED) is 0.225. The number of aliphatic hydroxyl groups is 1. The molecule has 1 aromatic rings. The van der Waals surface area contributed by atoms with Crippen molar-refractivity contribution in [1.29, 1.82) is 0 Å². The lowest BCUT2D eigenvalue weighted by Crippen LogP contribution is -2.11. The standard InChI is InChI=1S/C14H12Cl2N2O3/c1-3-7-17-8-10(14(20)21-4-2)12(19)9-5-6-11(15)18-13(9)16/h1,5-6,8,19H,4,7H2,2H3/b12-10+,17-8?. The minimum absolute atomic E-state index is 0.0489. The molecule has 0 aliphatic rings. The van der Waals surface area contributed by atoms with E-state index in [0.29, 0.717) is 0 Å². The third-order valence-electron chi connectivity index (χ3n) is 2.22. The third kappa shape index (κ3) is 4.78. The van der Waals surface area contributed by atoms with Crippen molar-refractivity contribution in [2.45, 2.75) is 6.92 Å². The summed E-state index contributed by atoms with van der Waals surface area (Å²) in [4.78, 5) is 19.5. The molecule has 21 heavy (non-hydrogen) atoms. The first-order chi connectivity index (χ1) is 10.0. The first-order valence-corrected chi connectivity index (χ1v) is 6.62. The summed E-state index contributed by atoms with van der Waals surface area (Å²) < 4.78 is 4.85. The summed E-state index contributed by atoms with van der Waals surface area (Å²) in [5.41, 5.74) is -0.0330. The number of rotatable bonds is 5. The van der Waals surface area contributed by atoms with E-state index in [4.69, 9.17) is 34.4 Å². The SMILES string of the molecule is C#CCN=C/C(C(=O)OCC)=C(\O)c1ccc(Cl)nc1Cl. The van der Waals surface area contributed by atoms with Gasteiger partial charge in [-0.25, -0.2) is 9.78 Å². The maximum Gasteiger partial charge on any atom is 0.343 e. The van der Waals surface area contributed by atoms with Crippen LogP contribution in [-0.4, -0.2) is 35.4 Å². The molecule has 0 aromatic carbocycles. The third-order valence-corrected chi connectivity index (χ3v) is 2.72. The van der Waals surface area contributed by atoms with Gasteiger partial charge >= 0.3 is 5.97 Å². The Morgan fingerprint density at radius 3 is 2.86 bits per heavy atom. The Labute approximate surface area is 132 Å². The van der Waals surface area contributed by atoms with Gasteiger partial charge in [0.25, 0.3) is 0 Å². The first-order valence-electron chi connectivity index (χ1n) is 5.87. The van der Waals surface area contributed by atoms with Crippen LogP contribution in [0, 0.1) is 12.3 Å². The van der Waals surface area contributed by atoms with Crippen LogP contribution >= 0.6 is 23.2 Å². The smallest absolute Gasteiger partial charge is 0.343 e. The van der Waals surface area contributed by atoms with Crippen molar-refractivity contribution in [3.63, 3.8) is 0 Å². The van der Waals surface area contributed by atoms with E-state index in [9.17, 15) is 9.90 Å². The minimum atomic E-state index is -0.748. The predicted molar refractivity (Wildman–Crippen MR) is 82.6 cm³/mol. The average molecular weight is 327 g/mol. The Bertz CT molecular complexity index is 634. The second kappa shape index (κ2) is 8.30. The Kier molecular flexibility index (Phi) is 6.73. The van der Waals surface area contributed by atoms with Gasteiger partial charge in [-0.2, -0.15) is 0 Å². The highest BCUT2D eigenvalue weighted by atomic mass is 35.5. The molecule has 0 aliphatic heterocycles. The Morgan fingerprint density at radius 2 is 2.29 bits per heavy atom. The number of carbonyl (C=O) groups is 1.